The molecule has 0 bridgehead atoms. The number of carbonyl (C=O) groups excluding carboxylic acids is 2. The molecule has 0 spiro atoms. The van der Waals surface area contributed by atoms with Gasteiger partial charge in [-0.1, -0.05) is 69.3 Å². The minimum absolute atomic E-state index is 0.00534. The Morgan fingerprint density at radius 2 is 1.71 bits per heavy atom. The van der Waals surface area contributed by atoms with Crippen LogP contribution >= 0.6 is 0 Å². The molecule has 1 unspecified atom stereocenters. The van der Waals surface area contributed by atoms with Gasteiger partial charge in [0.15, 0.2) is 11.6 Å². The van der Waals surface area contributed by atoms with E-state index >= 15 is 0 Å². The smallest absolute Gasteiger partial charge is 0.255 e. The van der Waals surface area contributed by atoms with Crippen molar-refractivity contribution in [3.05, 3.63) is 102 Å². The van der Waals surface area contributed by atoms with Crippen LogP contribution in [-0.4, -0.2) is 37.3 Å². The Balaban J connectivity index is 1.53. The maximum Gasteiger partial charge on any atom is 0.255 e. The summed E-state index contributed by atoms with van der Waals surface area (Å²) in [6.45, 7) is 6.71. The molecule has 0 radical (unpaired) electrons. The quantitative estimate of drug-likeness (QED) is 0.421. The summed E-state index contributed by atoms with van der Waals surface area (Å²) in [6, 6.07) is 16.2. The van der Waals surface area contributed by atoms with Crippen LogP contribution in [0.15, 0.2) is 85.7 Å². The number of imidazole rings is 1. The van der Waals surface area contributed by atoms with Crippen LogP contribution in [0.1, 0.15) is 47.1 Å². The molecule has 0 saturated heterocycles. The molecule has 4 aromatic rings. The molecular formula is C27H27N5O2. The van der Waals surface area contributed by atoms with Crippen molar-refractivity contribution in [1.82, 2.24) is 24.8 Å². The molecule has 0 saturated carbocycles. The summed E-state index contributed by atoms with van der Waals surface area (Å²) in [5.74, 6) is -0.0541. The van der Waals surface area contributed by atoms with E-state index in [-0.39, 0.29) is 23.3 Å². The van der Waals surface area contributed by atoms with Crippen molar-refractivity contribution < 1.29 is 9.59 Å². The average Bonchev–Trinajstić information content (AvgIpc) is 3.36. The zero-order valence-corrected chi connectivity index (χ0v) is 19.5. The van der Waals surface area contributed by atoms with E-state index in [0.717, 1.165) is 5.56 Å². The zero-order chi connectivity index (χ0) is 24.1. The lowest BCUT2D eigenvalue weighted by Crippen LogP contribution is -2.43. The topological polar surface area (TPSA) is 89.8 Å². The van der Waals surface area contributed by atoms with E-state index in [1.807, 2.05) is 18.2 Å². The summed E-state index contributed by atoms with van der Waals surface area (Å²) in [6.07, 6.45) is 7.97. The van der Waals surface area contributed by atoms with Crippen molar-refractivity contribution >= 4 is 11.7 Å². The molecule has 0 aliphatic rings. The van der Waals surface area contributed by atoms with Crippen molar-refractivity contribution in [3.8, 4) is 11.4 Å². The van der Waals surface area contributed by atoms with Gasteiger partial charge in [0.1, 0.15) is 6.04 Å². The van der Waals surface area contributed by atoms with Crippen molar-refractivity contribution in [2.45, 2.75) is 38.8 Å². The van der Waals surface area contributed by atoms with Crippen LogP contribution in [0, 0.1) is 0 Å². The molecule has 0 aliphatic carbocycles. The van der Waals surface area contributed by atoms with Gasteiger partial charge in [0, 0.05) is 35.9 Å². The summed E-state index contributed by atoms with van der Waals surface area (Å²) >= 11 is 0. The summed E-state index contributed by atoms with van der Waals surface area (Å²) in [5.41, 5.74) is 2.88. The Morgan fingerprint density at radius 3 is 2.35 bits per heavy atom. The number of Topliss-reactive ketones (excluding diaryl/α,β-unsaturated/α-hetero) is 1. The predicted molar refractivity (Wildman–Crippen MR) is 130 cm³/mol. The molecule has 7 heteroatoms. The van der Waals surface area contributed by atoms with Gasteiger partial charge in [-0.15, -0.1) is 0 Å². The number of aromatic nitrogens is 4. The normalized spacial score (nSPS) is 12.2. The average molecular weight is 454 g/mol. The predicted octanol–water partition coefficient (Wildman–Crippen LogP) is 4.32. The molecule has 34 heavy (non-hydrogen) atoms. The lowest BCUT2D eigenvalue weighted by Gasteiger charge is -2.19. The van der Waals surface area contributed by atoms with E-state index in [1.54, 1.807) is 47.6 Å². The highest BCUT2D eigenvalue weighted by Gasteiger charge is 2.24. The van der Waals surface area contributed by atoms with Gasteiger partial charge in [0.05, 0.1) is 18.4 Å². The largest absolute Gasteiger partial charge is 0.340 e. The van der Waals surface area contributed by atoms with E-state index in [1.165, 1.54) is 18.0 Å². The van der Waals surface area contributed by atoms with Crippen LogP contribution < -0.4 is 5.32 Å². The second-order valence-corrected chi connectivity index (χ2v) is 9.14. The fourth-order valence-corrected chi connectivity index (χ4v) is 3.56. The van der Waals surface area contributed by atoms with Gasteiger partial charge < -0.3 is 9.88 Å². The van der Waals surface area contributed by atoms with Crippen LogP contribution in [0.25, 0.3) is 11.4 Å². The van der Waals surface area contributed by atoms with Crippen molar-refractivity contribution in [3.63, 3.8) is 0 Å². The lowest BCUT2D eigenvalue weighted by molar-refractivity contribution is 0.0847. The van der Waals surface area contributed by atoms with Crippen LogP contribution in [0.5, 0.6) is 0 Å². The van der Waals surface area contributed by atoms with E-state index < -0.39 is 11.9 Å². The Morgan fingerprint density at radius 1 is 0.971 bits per heavy atom. The molecule has 2 aromatic heterocycles. The Labute approximate surface area is 198 Å². The molecule has 0 fully saturated rings. The number of hydrogen-bond acceptors (Lipinski definition) is 5. The molecular weight excluding hydrogens is 426 g/mol. The fourth-order valence-electron chi connectivity index (χ4n) is 3.56. The second-order valence-electron chi connectivity index (χ2n) is 9.14. The molecule has 1 N–H and O–H groups in total. The molecule has 4 rings (SSSR count). The lowest BCUT2D eigenvalue weighted by atomic mass is 9.86. The highest BCUT2D eigenvalue weighted by atomic mass is 16.2. The van der Waals surface area contributed by atoms with Crippen LogP contribution in [0.2, 0.25) is 0 Å². The molecule has 1 amide bonds. The van der Waals surface area contributed by atoms with Gasteiger partial charge in [-0.2, -0.15) is 0 Å². The third kappa shape index (κ3) is 5.43. The Hall–Kier alpha value is -4.13. The zero-order valence-electron chi connectivity index (χ0n) is 19.5. The van der Waals surface area contributed by atoms with Gasteiger partial charge in [-0.25, -0.2) is 15.0 Å². The first-order valence-electron chi connectivity index (χ1n) is 11.1. The van der Waals surface area contributed by atoms with Gasteiger partial charge in [0.2, 0.25) is 0 Å². The number of rotatable bonds is 7. The van der Waals surface area contributed by atoms with E-state index in [2.05, 4.69) is 53.2 Å². The number of nitrogens with zero attached hydrogens (tertiary/aromatic N) is 4. The van der Waals surface area contributed by atoms with Crippen LogP contribution in [0.3, 0.4) is 0 Å². The van der Waals surface area contributed by atoms with Gasteiger partial charge in [-0.3, -0.25) is 9.59 Å². The molecule has 0 aliphatic heterocycles. The molecule has 172 valence electrons. The summed E-state index contributed by atoms with van der Waals surface area (Å²) in [5, 5.41) is 2.84. The number of benzene rings is 2. The molecule has 2 heterocycles. The van der Waals surface area contributed by atoms with E-state index in [9.17, 15) is 9.59 Å². The van der Waals surface area contributed by atoms with E-state index in [4.69, 9.17) is 0 Å². The standard InChI is InChI=1S/C27H27N5O2/c1-27(2,3)22-11-7-10-20(14-22)25-29-15-21(16-30-25)26(34)31-23(17-32-13-12-28-18-32)24(33)19-8-5-4-6-9-19/h4-16,18,23H,17H2,1-3H3,(H,31,34). The third-order valence-corrected chi connectivity index (χ3v) is 5.53. The highest BCUT2D eigenvalue weighted by Crippen LogP contribution is 2.26. The first-order chi connectivity index (χ1) is 16.3. The molecule has 2 aromatic carbocycles. The van der Waals surface area contributed by atoms with E-state index in [0.29, 0.717) is 11.4 Å². The molecule has 7 nitrogen and oxygen atoms in total. The van der Waals surface area contributed by atoms with Crippen LogP contribution in [0.4, 0.5) is 0 Å². The Kier molecular flexibility index (Phi) is 6.63. The number of carbonyl (C=O) groups is 2. The second kappa shape index (κ2) is 9.79. The summed E-state index contributed by atoms with van der Waals surface area (Å²) in [7, 11) is 0. The highest BCUT2D eigenvalue weighted by molar-refractivity contribution is 6.04. The number of ketones is 1. The van der Waals surface area contributed by atoms with Gasteiger partial charge in [0.25, 0.3) is 5.91 Å². The maximum atomic E-state index is 13.1. The van der Waals surface area contributed by atoms with Gasteiger partial charge in [-0.05, 0) is 17.0 Å². The minimum atomic E-state index is -0.771. The Bertz CT molecular complexity index is 1260. The SMILES string of the molecule is CC(C)(C)c1cccc(-c2ncc(C(=O)NC(Cn3ccnc3)C(=O)c3ccccc3)cn2)c1. The fraction of sp³-hybridized carbons (Fsp3) is 0.222. The molecule has 1 atom stereocenters. The van der Waals surface area contributed by atoms with Gasteiger partial charge >= 0.3 is 0 Å². The van der Waals surface area contributed by atoms with Crippen LogP contribution in [-0.2, 0) is 12.0 Å². The van der Waals surface area contributed by atoms with Crippen molar-refractivity contribution in [2.75, 3.05) is 0 Å². The minimum Gasteiger partial charge on any atom is -0.340 e. The first kappa shape index (κ1) is 23.0. The maximum absolute atomic E-state index is 13.1. The number of amides is 1. The first-order valence-corrected chi connectivity index (χ1v) is 11.1. The van der Waals surface area contributed by atoms with Crippen molar-refractivity contribution in [2.24, 2.45) is 0 Å². The summed E-state index contributed by atoms with van der Waals surface area (Å²) < 4.78 is 1.76. The monoisotopic (exact) mass is 453 g/mol. The number of hydrogen-bond donors (Lipinski definition) is 1. The number of nitrogens with one attached hydrogen (secondary N) is 1. The third-order valence-electron chi connectivity index (χ3n) is 5.53. The summed E-state index contributed by atoms with van der Waals surface area (Å²) in [4.78, 5) is 38.9. The van der Waals surface area contributed by atoms with Crippen molar-refractivity contribution in [1.29, 1.82) is 0 Å².